The summed E-state index contributed by atoms with van der Waals surface area (Å²) in [5, 5.41) is 5.99. The van der Waals surface area contributed by atoms with Crippen molar-refractivity contribution in [3.05, 3.63) is 46.3 Å². The highest BCUT2D eigenvalue weighted by Gasteiger charge is 2.42. The number of rotatable bonds is 5. The summed E-state index contributed by atoms with van der Waals surface area (Å²) >= 11 is 0. The number of alkyl halides is 1. The Bertz CT molecular complexity index is 518. The Morgan fingerprint density at radius 1 is 1.55 bits per heavy atom. The van der Waals surface area contributed by atoms with Gasteiger partial charge in [0, 0.05) is 17.9 Å². The Morgan fingerprint density at radius 3 is 3.00 bits per heavy atom. The van der Waals surface area contributed by atoms with Crippen LogP contribution < -0.4 is 5.32 Å². The molecular weight excluding hydrogens is 263 g/mol. The maximum atomic E-state index is 14.1. The molecule has 0 aliphatic carbocycles. The fraction of sp³-hybridized carbons (Fsp3) is 0.462. The normalized spacial score (nSPS) is 24.9. The quantitative estimate of drug-likeness (QED) is 0.387. The van der Waals surface area contributed by atoms with Crippen LogP contribution in [0, 0.1) is 0 Å². The highest BCUT2D eigenvalue weighted by atomic mass is 19.1. The molecule has 0 radical (unpaired) electrons. The van der Waals surface area contributed by atoms with Gasteiger partial charge in [0.05, 0.1) is 6.54 Å². The fourth-order valence-corrected chi connectivity index (χ4v) is 2.09. The van der Waals surface area contributed by atoms with E-state index in [4.69, 9.17) is 10.3 Å². The van der Waals surface area contributed by atoms with Crippen molar-refractivity contribution in [1.82, 2.24) is 5.32 Å². The summed E-state index contributed by atoms with van der Waals surface area (Å²) in [4.78, 5) is 14.4. The number of ether oxygens (including phenoxy) is 1. The predicted molar refractivity (Wildman–Crippen MR) is 70.5 cm³/mol. The van der Waals surface area contributed by atoms with Crippen molar-refractivity contribution < 1.29 is 13.9 Å². The van der Waals surface area contributed by atoms with Gasteiger partial charge in [-0.2, -0.15) is 0 Å². The molecule has 1 aromatic carbocycles. The van der Waals surface area contributed by atoms with Crippen LogP contribution >= 0.6 is 0 Å². The van der Waals surface area contributed by atoms with Gasteiger partial charge < -0.3 is 10.1 Å². The van der Waals surface area contributed by atoms with Crippen LogP contribution in [0.5, 0.6) is 0 Å². The lowest BCUT2D eigenvalue weighted by Gasteiger charge is -2.14. The lowest BCUT2D eigenvalue weighted by molar-refractivity contribution is -0.147. The summed E-state index contributed by atoms with van der Waals surface area (Å²) in [5.41, 5.74) is 7.40. The Kier molecular flexibility index (Phi) is 4.55. The number of azide groups is 1. The Morgan fingerprint density at radius 2 is 2.30 bits per heavy atom. The molecule has 7 heteroatoms. The predicted octanol–water partition coefficient (Wildman–Crippen LogP) is 2.11. The maximum Gasteiger partial charge on any atom is 0.323 e. The number of carbonyl (C=O) groups excluding carboxylic acids is 1. The van der Waals surface area contributed by atoms with Gasteiger partial charge >= 0.3 is 5.97 Å². The lowest BCUT2D eigenvalue weighted by atomic mass is 10.0. The first-order valence-corrected chi connectivity index (χ1v) is 6.27. The van der Waals surface area contributed by atoms with E-state index in [2.05, 4.69) is 15.3 Å². The molecule has 0 unspecified atom stereocenters. The zero-order valence-corrected chi connectivity index (χ0v) is 10.8. The molecule has 1 aliphatic rings. The van der Waals surface area contributed by atoms with Crippen LogP contribution in [0.3, 0.4) is 0 Å². The average molecular weight is 278 g/mol. The minimum Gasteiger partial charge on any atom is -0.460 e. The minimum absolute atomic E-state index is 0.0167. The Labute approximate surface area is 115 Å². The zero-order chi connectivity index (χ0) is 14.4. The summed E-state index contributed by atoms with van der Waals surface area (Å²) in [5.74, 6) is -0.491. The molecule has 2 rings (SSSR count). The minimum atomic E-state index is -1.68. The van der Waals surface area contributed by atoms with Crippen LogP contribution in [0.15, 0.2) is 35.4 Å². The van der Waals surface area contributed by atoms with Gasteiger partial charge in [-0.05, 0) is 11.1 Å². The lowest BCUT2D eigenvalue weighted by Crippen LogP contribution is -2.32. The third-order valence-electron chi connectivity index (χ3n) is 3.16. The van der Waals surface area contributed by atoms with Crippen LogP contribution in [-0.2, 0) is 16.1 Å². The number of hydrogen-bond donors (Lipinski definition) is 1. The van der Waals surface area contributed by atoms with Gasteiger partial charge in [0.25, 0.3) is 0 Å². The molecular formula is C13H15FN4O2. The molecule has 2 atom stereocenters. The smallest absolute Gasteiger partial charge is 0.323 e. The van der Waals surface area contributed by atoms with Crippen LogP contribution in [-0.4, -0.2) is 30.8 Å². The molecule has 0 amide bonds. The molecule has 0 spiro atoms. The molecule has 0 saturated carbocycles. The van der Waals surface area contributed by atoms with Gasteiger partial charge in [-0.1, -0.05) is 35.4 Å². The van der Waals surface area contributed by atoms with E-state index < -0.39 is 17.7 Å². The van der Waals surface area contributed by atoms with Gasteiger partial charge in [-0.3, -0.25) is 4.79 Å². The number of halogens is 1. The summed E-state index contributed by atoms with van der Waals surface area (Å²) in [6.45, 7) is -0.135. The summed E-state index contributed by atoms with van der Waals surface area (Å²) in [6.07, 6.45) is -0.0420. The van der Waals surface area contributed by atoms with E-state index in [0.29, 0.717) is 0 Å². The third-order valence-corrected chi connectivity index (χ3v) is 3.16. The number of benzene rings is 1. The largest absolute Gasteiger partial charge is 0.460 e. The van der Waals surface area contributed by atoms with Crippen LogP contribution in [0.25, 0.3) is 10.4 Å². The second kappa shape index (κ2) is 6.36. The maximum absolute atomic E-state index is 14.1. The first kappa shape index (κ1) is 14.3. The van der Waals surface area contributed by atoms with Crippen molar-refractivity contribution in [1.29, 1.82) is 0 Å². The number of esters is 1. The zero-order valence-electron chi connectivity index (χ0n) is 10.8. The van der Waals surface area contributed by atoms with Crippen molar-refractivity contribution in [2.45, 2.75) is 24.7 Å². The Hall–Kier alpha value is -2.11. The molecule has 1 heterocycles. The Balaban J connectivity index is 1.84. The third kappa shape index (κ3) is 3.69. The number of hydrogen-bond acceptors (Lipinski definition) is 4. The second-order valence-corrected chi connectivity index (χ2v) is 4.77. The molecule has 1 N–H and O–H groups in total. The number of nitrogens with one attached hydrogen (secondary N) is 1. The van der Waals surface area contributed by atoms with Crippen molar-refractivity contribution in [3.8, 4) is 0 Å². The van der Waals surface area contributed by atoms with Gasteiger partial charge in [-0.25, -0.2) is 4.39 Å². The van der Waals surface area contributed by atoms with Gasteiger partial charge in [0.1, 0.15) is 18.3 Å². The molecule has 1 aliphatic heterocycles. The molecule has 0 aromatic heterocycles. The number of carbonyl (C=O) groups is 1. The monoisotopic (exact) mass is 278 g/mol. The van der Waals surface area contributed by atoms with Crippen LogP contribution in [0.2, 0.25) is 0 Å². The molecule has 6 nitrogen and oxygen atoms in total. The van der Waals surface area contributed by atoms with Gasteiger partial charge in [0.2, 0.25) is 0 Å². The first-order chi connectivity index (χ1) is 9.63. The van der Waals surface area contributed by atoms with Crippen molar-refractivity contribution in [3.63, 3.8) is 0 Å². The summed E-state index contributed by atoms with van der Waals surface area (Å²) < 4.78 is 19.3. The van der Waals surface area contributed by atoms with Crippen molar-refractivity contribution >= 4 is 5.97 Å². The van der Waals surface area contributed by atoms with E-state index >= 15 is 0 Å². The number of nitrogens with zero attached hydrogens (tertiary/aromatic N) is 3. The van der Waals surface area contributed by atoms with Crippen molar-refractivity contribution in [2.24, 2.45) is 5.11 Å². The standard InChI is InChI=1S/C13H15FN4O2/c14-13(9-17-18-15)6-11(16-8-13)12(19)20-7-10-4-2-1-3-5-10/h1-5,11,16H,6-9H2/t11-,13+/m0/s1. The first-order valence-electron chi connectivity index (χ1n) is 6.27. The highest BCUT2D eigenvalue weighted by Crippen LogP contribution is 2.25. The van der Waals surface area contributed by atoms with Crippen LogP contribution in [0.4, 0.5) is 4.39 Å². The van der Waals surface area contributed by atoms with E-state index in [9.17, 15) is 9.18 Å². The van der Waals surface area contributed by atoms with E-state index in [1.807, 2.05) is 30.3 Å². The van der Waals surface area contributed by atoms with Gasteiger partial charge in [-0.15, -0.1) is 0 Å². The topological polar surface area (TPSA) is 87.1 Å². The van der Waals surface area contributed by atoms with Gasteiger partial charge in [0.15, 0.2) is 0 Å². The van der Waals surface area contributed by atoms with E-state index in [1.165, 1.54) is 0 Å². The molecule has 106 valence electrons. The summed E-state index contributed by atoms with van der Waals surface area (Å²) in [6, 6.07) is 8.56. The fourth-order valence-electron chi connectivity index (χ4n) is 2.09. The van der Waals surface area contributed by atoms with Crippen molar-refractivity contribution in [2.75, 3.05) is 13.1 Å². The highest BCUT2D eigenvalue weighted by molar-refractivity contribution is 5.76. The molecule has 1 saturated heterocycles. The van der Waals surface area contributed by atoms with E-state index in [1.54, 1.807) is 0 Å². The molecule has 0 bridgehead atoms. The average Bonchev–Trinajstić information content (AvgIpc) is 2.87. The SMILES string of the molecule is [N-]=[N+]=NC[C@]1(F)CN[C@H](C(=O)OCc2ccccc2)C1. The van der Waals surface area contributed by atoms with E-state index in [-0.39, 0.29) is 26.1 Å². The molecule has 20 heavy (non-hydrogen) atoms. The molecule has 1 fully saturated rings. The molecule has 1 aromatic rings. The second-order valence-electron chi connectivity index (χ2n) is 4.77. The summed E-state index contributed by atoms with van der Waals surface area (Å²) in [7, 11) is 0. The van der Waals surface area contributed by atoms with E-state index in [0.717, 1.165) is 5.56 Å². The van der Waals surface area contributed by atoms with Crippen LogP contribution in [0.1, 0.15) is 12.0 Å².